The van der Waals surface area contributed by atoms with Crippen molar-refractivity contribution in [3.8, 4) is 0 Å². The number of nitrogens with zero attached hydrogens (tertiary/aromatic N) is 2. The molecule has 0 aliphatic heterocycles. The maximum atomic E-state index is 13.0. The second-order valence-electron chi connectivity index (χ2n) is 6.86. The van der Waals surface area contributed by atoms with Crippen LogP contribution in [0.15, 0.2) is 67.0 Å². The highest BCUT2D eigenvalue weighted by Gasteiger charge is 2.18. The van der Waals surface area contributed by atoms with Gasteiger partial charge in [0, 0.05) is 30.3 Å². The van der Waals surface area contributed by atoms with Gasteiger partial charge in [0.2, 0.25) is 0 Å². The molecule has 0 spiro atoms. The van der Waals surface area contributed by atoms with Crippen LogP contribution in [0.25, 0.3) is 0 Å². The molecule has 29 heavy (non-hydrogen) atoms. The molecule has 0 aliphatic rings. The van der Waals surface area contributed by atoms with Crippen molar-refractivity contribution in [3.63, 3.8) is 0 Å². The number of amides is 2. The van der Waals surface area contributed by atoms with Crippen molar-refractivity contribution >= 4 is 23.2 Å². The summed E-state index contributed by atoms with van der Waals surface area (Å²) in [5.41, 5.74) is 4.53. The molecule has 0 saturated heterocycles. The fourth-order valence-corrected chi connectivity index (χ4v) is 3.10. The Hall–Kier alpha value is -3.47. The molecule has 2 amide bonds. The molecule has 5 nitrogen and oxygen atoms in total. The Balaban J connectivity index is 1.80. The first-order chi connectivity index (χ1) is 14.0. The molecule has 0 fully saturated rings. The van der Waals surface area contributed by atoms with Crippen molar-refractivity contribution in [1.82, 2.24) is 4.98 Å². The van der Waals surface area contributed by atoms with E-state index in [4.69, 9.17) is 0 Å². The van der Waals surface area contributed by atoms with Gasteiger partial charge in [-0.3, -0.25) is 14.6 Å². The van der Waals surface area contributed by atoms with E-state index in [9.17, 15) is 9.59 Å². The first kappa shape index (κ1) is 20.3. The lowest BCUT2D eigenvalue weighted by atomic mass is 10.1. The van der Waals surface area contributed by atoms with Crippen LogP contribution in [0.4, 0.5) is 11.4 Å². The Labute approximate surface area is 171 Å². The third kappa shape index (κ3) is 4.88. The van der Waals surface area contributed by atoms with Crippen molar-refractivity contribution in [2.45, 2.75) is 27.2 Å². The fraction of sp³-hybridized carbons (Fsp3) is 0.208. The highest BCUT2D eigenvalue weighted by atomic mass is 16.2. The molecule has 0 unspecified atom stereocenters. The Morgan fingerprint density at radius 1 is 0.966 bits per heavy atom. The van der Waals surface area contributed by atoms with Gasteiger partial charge in [0.15, 0.2) is 0 Å². The molecule has 0 atom stereocenters. The molecule has 1 N–H and O–H groups in total. The number of hydrogen-bond donors (Lipinski definition) is 1. The molecule has 5 heteroatoms. The summed E-state index contributed by atoms with van der Waals surface area (Å²) < 4.78 is 0. The summed E-state index contributed by atoms with van der Waals surface area (Å²) in [4.78, 5) is 31.5. The predicted molar refractivity (Wildman–Crippen MR) is 117 cm³/mol. The van der Waals surface area contributed by atoms with Crippen LogP contribution in [0.1, 0.15) is 45.7 Å². The topological polar surface area (TPSA) is 62.3 Å². The zero-order chi connectivity index (χ0) is 20.8. The zero-order valence-electron chi connectivity index (χ0n) is 17.0. The number of pyridine rings is 1. The number of hydrogen-bond acceptors (Lipinski definition) is 3. The minimum absolute atomic E-state index is 0.187. The Morgan fingerprint density at radius 3 is 2.34 bits per heavy atom. The Bertz CT molecular complexity index is 1010. The first-order valence-electron chi connectivity index (χ1n) is 9.75. The molecular weight excluding hydrogens is 362 g/mol. The van der Waals surface area contributed by atoms with Gasteiger partial charge in [-0.1, -0.05) is 31.2 Å². The van der Waals surface area contributed by atoms with E-state index in [-0.39, 0.29) is 11.8 Å². The molecular formula is C24H25N3O2. The molecule has 0 saturated carbocycles. The van der Waals surface area contributed by atoms with Crippen LogP contribution in [-0.2, 0) is 6.42 Å². The van der Waals surface area contributed by atoms with Crippen molar-refractivity contribution < 1.29 is 9.59 Å². The summed E-state index contributed by atoms with van der Waals surface area (Å²) in [6.07, 6.45) is 3.90. The summed E-state index contributed by atoms with van der Waals surface area (Å²) in [6.45, 7) is 6.51. The van der Waals surface area contributed by atoms with E-state index >= 15 is 0 Å². The molecule has 0 aliphatic carbocycles. The van der Waals surface area contributed by atoms with Gasteiger partial charge >= 0.3 is 0 Å². The molecule has 1 aromatic heterocycles. The number of nitrogens with one attached hydrogen (secondary N) is 1. The van der Waals surface area contributed by atoms with Gasteiger partial charge in [0.25, 0.3) is 11.8 Å². The summed E-state index contributed by atoms with van der Waals surface area (Å²) in [5, 5.41) is 2.85. The number of carbonyl (C=O) groups is 2. The zero-order valence-corrected chi connectivity index (χ0v) is 17.0. The quantitative estimate of drug-likeness (QED) is 0.656. The van der Waals surface area contributed by atoms with E-state index in [2.05, 4.69) is 17.2 Å². The van der Waals surface area contributed by atoms with Crippen molar-refractivity contribution in [2.75, 3.05) is 16.8 Å². The predicted octanol–water partition coefficient (Wildman–Crippen LogP) is 4.87. The normalized spacial score (nSPS) is 10.4. The molecule has 0 radical (unpaired) electrons. The van der Waals surface area contributed by atoms with E-state index in [0.717, 1.165) is 17.7 Å². The van der Waals surface area contributed by atoms with E-state index in [1.165, 1.54) is 18.0 Å². The SMILES string of the molecule is CCc1ccc(NC(=O)c2cncc(C(=O)N(CC)c3cccc(C)c3)c2)cc1. The Kier molecular flexibility index (Phi) is 6.39. The first-order valence-corrected chi connectivity index (χ1v) is 9.75. The number of rotatable bonds is 6. The van der Waals surface area contributed by atoms with Gasteiger partial charge in [-0.15, -0.1) is 0 Å². The second-order valence-corrected chi connectivity index (χ2v) is 6.86. The molecule has 2 aromatic carbocycles. The number of aryl methyl sites for hydroxylation is 2. The lowest BCUT2D eigenvalue weighted by Gasteiger charge is -2.21. The van der Waals surface area contributed by atoms with Crippen LogP contribution >= 0.6 is 0 Å². The van der Waals surface area contributed by atoms with Crippen molar-refractivity contribution in [3.05, 3.63) is 89.2 Å². The number of aromatic nitrogens is 1. The van der Waals surface area contributed by atoms with Gasteiger partial charge < -0.3 is 10.2 Å². The smallest absolute Gasteiger partial charge is 0.259 e. The van der Waals surface area contributed by atoms with Crippen LogP contribution in [-0.4, -0.2) is 23.3 Å². The van der Waals surface area contributed by atoms with E-state index in [0.29, 0.717) is 23.4 Å². The standard InChI is InChI=1S/C24H25N3O2/c1-4-18-9-11-21(12-10-18)26-23(28)19-14-20(16-25-15-19)24(29)27(5-2)22-8-6-7-17(3)13-22/h6-16H,4-5H2,1-3H3,(H,26,28). The lowest BCUT2D eigenvalue weighted by molar-refractivity contribution is 0.0988. The monoisotopic (exact) mass is 387 g/mol. The van der Waals surface area contributed by atoms with E-state index in [1.54, 1.807) is 11.0 Å². The fourth-order valence-electron chi connectivity index (χ4n) is 3.10. The average Bonchev–Trinajstić information content (AvgIpc) is 2.75. The minimum Gasteiger partial charge on any atom is -0.322 e. The average molecular weight is 387 g/mol. The third-order valence-corrected chi connectivity index (χ3v) is 4.74. The van der Waals surface area contributed by atoms with Crippen LogP contribution in [0.2, 0.25) is 0 Å². The third-order valence-electron chi connectivity index (χ3n) is 4.74. The largest absolute Gasteiger partial charge is 0.322 e. The van der Waals surface area contributed by atoms with Gasteiger partial charge in [-0.25, -0.2) is 0 Å². The minimum atomic E-state index is -0.296. The summed E-state index contributed by atoms with van der Waals surface area (Å²) in [5.74, 6) is -0.484. The maximum absolute atomic E-state index is 13.0. The highest BCUT2D eigenvalue weighted by molar-refractivity contribution is 6.09. The summed E-state index contributed by atoms with van der Waals surface area (Å²) >= 11 is 0. The molecule has 148 valence electrons. The highest BCUT2D eigenvalue weighted by Crippen LogP contribution is 2.19. The van der Waals surface area contributed by atoms with Crippen LogP contribution in [0, 0.1) is 6.92 Å². The maximum Gasteiger partial charge on any atom is 0.259 e. The molecule has 1 heterocycles. The molecule has 3 rings (SSSR count). The molecule has 0 bridgehead atoms. The van der Waals surface area contributed by atoms with Crippen molar-refractivity contribution in [2.24, 2.45) is 0 Å². The summed E-state index contributed by atoms with van der Waals surface area (Å²) in [7, 11) is 0. The number of benzene rings is 2. The summed E-state index contributed by atoms with van der Waals surface area (Å²) in [6, 6.07) is 17.1. The van der Waals surface area contributed by atoms with Gasteiger partial charge in [-0.2, -0.15) is 0 Å². The van der Waals surface area contributed by atoms with Gasteiger partial charge in [-0.05, 0) is 61.7 Å². The van der Waals surface area contributed by atoms with Crippen LogP contribution < -0.4 is 10.2 Å². The van der Waals surface area contributed by atoms with E-state index < -0.39 is 0 Å². The van der Waals surface area contributed by atoms with Crippen molar-refractivity contribution in [1.29, 1.82) is 0 Å². The van der Waals surface area contributed by atoms with Gasteiger partial charge in [0.05, 0.1) is 11.1 Å². The Morgan fingerprint density at radius 2 is 1.69 bits per heavy atom. The second kappa shape index (κ2) is 9.15. The van der Waals surface area contributed by atoms with Crippen LogP contribution in [0.5, 0.6) is 0 Å². The lowest BCUT2D eigenvalue weighted by Crippen LogP contribution is -2.31. The molecule has 3 aromatic rings. The number of anilines is 2. The van der Waals surface area contributed by atoms with E-state index in [1.807, 2.05) is 62.4 Å². The number of carbonyl (C=O) groups excluding carboxylic acids is 2. The van der Waals surface area contributed by atoms with Crippen LogP contribution in [0.3, 0.4) is 0 Å². The van der Waals surface area contributed by atoms with Gasteiger partial charge in [0.1, 0.15) is 0 Å².